The molecule has 0 bridgehead atoms. The Hall–Kier alpha value is -2.68. The van der Waals surface area contributed by atoms with Crippen molar-refractivity contribution in [2.75, 3.05) is 11.1 Å². The minimum absolute atomic E-state index is 0.0915. The molecule has 4 N–H and O–H groups in total. The van der Waals surface area contributed by atoms with E-state index in [2.05, 4.69) is 26.6 Å². The highest BCUT2D eigenvalue weighted by Gasteiger charge is 2.34. The van der Waals surface area contributed by atoms with Gasteiger partial charge in [0.2, 0.25) is 0 Å². The molecule has 5 nitrogen and oxygen atoms in total. The van der Waals surface area contributed by atoms with Crippen molar-refractivity contribution in [2.45, 2.75) is 6.04 Å². The number of hydrogen-bond donors (Lipinski definition) is 3. The number of carbonyl (C=O) groups is 2. The van der Waals surface area contributed by atoms with Crippen molar-refractivity contribution < 1.29 is 18.4 Å². The number of hydrogen-bond acceptors (Lipinski definition) is 3. The van der Waals surface area contributed by atoms with Crippen LogP contribution >= 0.6 is 39.1 Å². The first-order chi connectivity index (χ1) is 14.7. The summed E-state index contributed by atoms with van der Waals surface area (Å²) in [6.07, 6.45) is 0. The number of rotatable bonds is 3. The summed E-state index contributed by atoms with van der Waals surface area (Å²) >= 11 is 15.4. The largest absolute Gasteiger partial charge is 0.397 e. The molecule has 0 aliphatic carbocycles. The van der Waals surface area contributed by atoms with Crippen LogP contribution in [0.1, 0.15) is 37.9 Å². The molecule has 1 atom stereocenters. The van der Waals surface area contributed by atoms with Crippen molar-refractivity contribution >= 4 is 62.3 Å². The first-order valence-electron chi connectivity index (χ1n) is 8.81. The van der Waals surface area contributed by atoms with Crippen molar-refractivity contribution in [3.05, 3.63) is 90.9 Å². The standard InChI is InChI=1S/C21H12BrCl2F2N3O2/c22-8-3-12-17(19(29-20(12)30)11-5-9(25)1-2-14(11)23)16(4-8)28-21(31)13-6-10(26)7-15(24)18(13)27/h1-7,19H,27H2,(H,28,31)(H,29,30). The molecule has 158 valence electrons. The van der Waals surface area contributed by atoms with Gasteiger partial charge in [0.1, 0.15) is 11.6 Å². The highest BCUT2D eigenvalue weighted by atomic mass is 79.9. The number of nitrogens with two attached hydrogens (primary N) is 1. The van der Waals surface area contributed by atoms with Crippen LogP contribution < -0.4 is 16.4 Å². The molecule has 3 aromatic carbocycles. The average Bonchev–Trinajstić information content (AvgIpc) is 3.03. The summed E-state index contributed by atoms with van der Waals surface area (Å²) in [5, 5.41) is 5.52. The number of nitrogen functional groups attached to an aromatic ring is 1. The third kappa shape index (κ3) is 3.98. The maximum atomic E-state index is 13.9. The van der Waals surface area contributed by atoms with E-state index in [1.165, 1.54) is 18.2 Å². The Kier molecular flexibility index (Phi) is 5.63. The predicted molar refractivity (Wildman–Crippen MR) is 119 cm³/mol. The monoisotopic (exact) mass is 525 g/mol. The van der Waals surface area contributed by atoms with Crippen molar-refractivity contribution in [3.8, 4) is 0 Å². The molecule has 0 radical (unpaired) electrons. The van der Waals surface area contributed by atoms with E-state index in [0.717, 1.165) is 12.1 Å². The molecule has 2 amide bonds. The number of amides is 2. The summed E-state index contributed by atoms with van der Waals surface area (Å²) in [5.41, 5.74) is 6.77. The summed E-state index contributed by atoms with van der Waals surface area (Å²) in [7, 11) is 0. The molecule has 0 fully saturated rings. The molecule has 0 aromatic heterocycles. The van der Waals surface area contributed by atoms with E-state index in [4.69, 9.17) is 28.9 Å². The average molecular weight is 527 g/mol. The van der Waals surface area contributed by atoms with Gasteiger partial charge in [-0.15, -0.1) is 0 Å². The number of nitrogens with one attached hydrogen (secondary N) is 2. The zero-order valence-corrected chi connectivity index (χ0v) is 18.5. The fourth-order valence-corrected chi connectivity index (χ4v) is 4.32. The molecular formula is C21H12BrCl2F2N3O2. The Morgan fingerprint density at radius 1 is 1.06 bits per heavy atom. The van der Waals surface area contributed by atoms with E-state index >= 15 is 0 Å². The van der Waals surface area contributed by atoms with Gasteiger partial charge in [-0.25, -0.2) is 8.78 Å². The molecule has 1 aliphatic rings. The molecule has 0 spiro atoms. The number of halogens is 5. The minimum atomic E-state index is -0.817. The van der Waals surface area contributed by atoms with E-state index in [1.54, 1.807) is 12.1 Å². The summed E-state index contributed by atoms with van der Waals surface area (Å²) in [6, 6.07) is 8.05. The second-order valence-corrected chi connectivity index (χ2v) is 8.52. The fraction of sp³-hybridized carbons (Fsp3) is 0.0476. The summed E-state index contributed by atoms with van der Waals surface area (Å²) < 4.78 is 28.2. The Morgan fingerprint density at radius 2 is 1.81 bits per heavy atom. The van der Waals surface area contributed by atoms with Crippen LogP contribution in [-0.4, -0.2) is 11.8 Å². The van der Waals surface area contributed by atoms with Gasteiger partial charge in [-0.3, -0.25) is 9.59 Å². The van der Waals surface area contributed by atoms with E-state index in [9.17, 15) is 18.4 Å². The topological polar surface area (TPSA) is 84.2 Å². The number of anilines is 2. The molecule has 0 saturated heterocycles. The van der Waals surface area contributed by atoms with Gasteiger partial charge in [-0.05, 0) is 42.5 Å². The maximum absolute atomic E-state index is 13.9. The molecule has 0 saturated carbocycles. The fourth-order valence-electron chi connectivity index (χ4n) is 3.43. The smallest absolute Gasteiger partial charge is 0.257 e. The molecule has 1 heterocycles. The first kappa shape index (κ1) is 21.5. The Bertz CT molecular complexity index is 1270. The maximum Gasteiger partial charge on any atom is 0.257 e. The lowest BCUT2D eigenvalue weighted by molar-refractivity contribution is 0.0959. The first-order valence-corrected chi connectivity index (χ1v) is 10.4. The molecular weight excluding hydrogens is 515 g/mol. The van der Waals surface area contributed by atoms with Gasteiger partial charge in [0.05, 0.1) is 22.3 Å². The lowest BCUT2D eigenvalue weighted by Gasteiger charge is -2.18. The van der Waals surface area contributed by atoms with E-state index in [-0.39, 0.29) is 32.5 Å². The van der Waals surface area contributed by atoms with E-state index < -0.39 is 29.5 Å². The Balaban J connectivity index is 1.82. The molecule has 10 heteroatoms. The lowest BCUT2D eigenvalue weighted by Crippen LogP contribution is -2.21. The van der Waals surface area contributed by atoms with Gasteiger partial charge in [0.15, 0.2) is 0 Å². The number of benzene rings is 3. The zero-order chi connectivity index (χ0) is 22.4. The Morgan fingerprint density at radius 3 is 2.55 bits per heavy atom. The van der Waals surface area contributed by atoms with Crippen LogP contribution in [0, 0.1) is 11.6 Å². The van der Waals surface area contributed by atoms with Gasteiger partial charge in [-0.2, -0.15) is 0 Å². The molecule has 1 aliphatic heterocycles. The summed E-state index contributed by atoms with van der Waals surface area (Å²) in [5.74, 6) is -2.43. The predicted octanol–water partition coefficient (Wildman–Crippen LogP) is 5.70. The highest BCUT2D eigenvalue weighted by Crippen LogP contribution is 2.41. The van der Waals surface area contributed by atoms with Crippen molar-refractivity contribution in [1.82, 2.24) is 5.32 Å². The van der Waals surface area contributed by atoms with Gasteiger partial charge in [0, 0.05) is 31.9 Å². The van der Waals surface area contributed by atoms with Gasteiger partial charge < -0.3 is 16.4 Å². The zero-order valence-electron chi connectivity index (χ0n) is 15.4. The van der Waals surface area contributed by atoms with Crippen molar-refractivity contribution in [1.29, 1.82) is 0 Å². The third-order valence-electron chi connectivity index (χ3n) is 4.81. The van der Waals surface area contributed by atoms with Crippen LogP contribution in [0.2, 0.25) is 10.0 Å². The van der Waals surface area contributed by atoms with Crippen molar-refractivity contribution in [3.63, 3.8) is 0 Å². The highest BCUT2D eigenvalue weighted by molar-refractivity contribution is 9.10. The van der Waals surface area contributed by atoms with Crippen LogP contribution in [-0.2, 0) is 0 Å². The third-order valence-corrected chi connectivity index (χ3v) is 5.92. The lowest BCUT2D eigenvalue weighted by atomic mass is 9.96. The summed E-state index contributed by atoms with van der Waals surface area (Å²) in [6.45, 7) is 0. The molecule has 3 aromatic rings. The number of carbonyl (C=O) groups excluding carboxylic acids is 2. The van der Waals surface area contributed by atoms with Gasteiger partial charge >= 0.3 is 0 Å². The quantitative estimate of drug-likeness (QED) is 0.383. The van der Waals surface area contributed by atoms with Crippen molar-refractivity contribution in [2.24, 2.45) is 0 Å². The molecule has 4 rings (SSSR count). The Labute approximate surface area is 193 Å². The normalized spacial score (nSPS) is 14.9. The van der Waals surface area contributed by atoms with Gasteiger partial charge in [0.25, 0.3) is 11.8 Å². The van der Waals surface area contributed by atoms with Gasteiger partial charge in [-0.1, -0.05) is 39.1 Å². The van der Waals surface area contributed by atoms with E-state index in [1.807, 2.05) is 0 Å². The SMILES string of the molecule is Nc1c(Cl)cc(F)cc1C(=O)Nc1cc(Br)cc2c1C(c1cc(F)ccc1Cl)NC2=O. The van der Waals surface area contributed by atoms with Crippen LogP contribution in [0.25, 0.3) is 0 Å². The van der Waals surface area contributed by atoms with Crippen LogP contribution in [0.3, 0.4) is 0 Å². The second-order valence-electron chi connectivity index (χ2n) is 6.79. The second kappa shape index (κ2) is 8.11. The molecule has 31 heavy (non-hydrogen) atoms. The number of fused-ring (bicyclic) bond motifs is 1. The van der Waals surface area contributed by atoms with Crippen LogP contribution in [0.5, 0.6) is 0 Å². The van der Waals surface area contributed by atoms with Crippen LogP contribution in [0.15, 0.2) is 46.9 Å². The van der Waals surface area contributed by atoms with Crippen LogP contribution in [0.4, 0.5) is 20.2 Å². The minimum Gasteiger partial charge on any atom is -0.397 e. The summed E-state index contributed by atoms with van der Waals surface area (Å²) in [4.78, 5) is 25.5. The molecule has 1 unspecified atom stereocenters. The van der Waals surface area contributed by atoms with E-state index in [0.29, 0.717) is 15.6 Å².